The summed E-state index contributed by atoms with van der Waals surface area (Å²) in [6.07, 6.45) is -0.694. The predicted molar refractivity (Wildman–Crippen MR) is 135 cm³/mol. The molecule has 1 heterocycles. The molecule has 0 saturated carbocycles. The van der Waals surface area contributed by atoms with Crippen molar-refractivity contribution in [1.82, 2.24) is 16.0 Å². The first kappa shape index (κ1) is 28.1. The molecule has 9 heteroatoms. The molecule has 2 aromatic rings. The van der Waals surface area contributed by atoms with Crippen molar-refractivity contribution >= 4 is 17.6 Å². The second kappa shape index (κ2) is 12.7. The van der Waals surface area contributed by atoms with Crippen molar-refractivity contribution in [3.05, 3.63) is 82.1 Å². The normalized spacial score (nSPS) is 17.4. The van der Waals surface area contributed by atoms with Crippen LogP contribution in [0.3, 0.4) is 0 Å². The van der Waals surface area contributed by atoms with Gasteiger partial charge in [0.05, 0.1) is 12.1 Å². The maximum absolute atomic E-state index is 13.8. The number of amides is 2. The fraction of sp³-hybridized carbons (Fsp3) is 0.393. The number of Topliss-reactive ketones (excluding diaryl/α,β-unsaturated/α-hetero) is 1. The number of allylic oxidation sites excluding steroid dienone is 2. The third-order valence-corrected chi connectivity index (χ3v) is 6.54. The lowest BCUT2D eigenvalue weighted by atomic mass is 9.89. The van der Waals surface area contributed by atoms with Gasteiger partial charge in [0.1, 0.15) is 17.6 Å². The molecule has 1 unspecified atom stereocenters. The van der Waals surface area contributed by atoms with Gasteiger partial charge in [0, 0.05) is 36.8 Å². The Morgan fingerprint density at radius 1 is 1.05 bits per heavy atom. The SMILES string of the molecule is CCc1cccc(CNC[C@@H](O)[C@H](Cc2cc(F)cc(F)c2)NC(=O)CC2C(=O)NC(C)=C(C)C2=O)c1. The van der Waals surface area contributed by atoms with E-state index in [4.69, 9.17) is 0 Å². The first-order valence-corrected chi connectivity index (χ1v) is 12.3. The maximum atomic E-state index is 13.8. The van der Waals surface area contributed by atoms with Crippen LogP contribution in [0.2, 0.25) is 0 Å². The number of benzene rings is 2. The second-order valence-electron chi connectivity index (χ2n) is 9.39. The van der Waals surface area contributed by atoms with Crippen LogP contribution in [0.1, 0.15) is 43.9 Å². The van der Waals surface area contributed by atoms with Gasteiger partial charge in [-0.3, -0.25) is 14.4 Å². The summed E-state index contributed by atoms with van der Waals surface area (Å²) in [5, 5.41) is 19.3. The standard InChI is InChI=1S/C28H33F2N3O4/c1-4-18-6-5-7-19(8-18)14-31-15-25(34)24(11-20-9-21(29)12-22(30)10-20)33-26(35)13-23-27(36)16(2)17(3)32-28(23)37/h5-10,12,23-25,31,34H,4,11,13-15H2,1-3H3,(H,32,37)(H,33,35)/t23?,24-,25+/m0/s1. The quantitative estimate of drug-likeness (QED) is 0.346. The Morgan fingerprint density at radius 2 is 1.73 bits per heavy atom. The van der Waals surface area contributed by atoms with Gasteiger partial charge < -0.3 is 21.1 Å². The monoisotopic (exact) mass is 513 g/mol. The Balaban J connectivity index is 1.69. The first-order valence-electron chi connectivity index (χ1n) is 12.3. The Labute approximate surface area is 215 Å². The molecule has 0 fully saturated rings. The Morgan fingerprint density at radius 3 is 2.41 bits per heavy atom. The largest absolute Gasteiger partial charge is 0.390 e. The molecule has 4 N–H and O–H groups in total. The Hall–Kier alpha value is -3.43. The minimum Gasteiger partial charge on any atom is -0.390 e. The molecule has 1 aliphatic heterocycles. The second-order valence-corrected chi connectivity index (χ2v) is 9.39. The average molecular weight is 514 g/mol. The highest BCUT2D eigenvalue weighted by Crippen LogP contribution is 2.20. The van der Waals surface area contributed by atoms with Crippen molar-refractivity contribution in [2.24, 2.45) is 5.92 Å². The molecule has 3 atom stereocenters. The smallest absolute Gasteiger partial charge is 0.235 e. The zero-order chi connectivity index (χ0) is 27.1. The zero-order valence-electron chi connectivity index (χ0n) is 21.2. The molecule has 0 aliphatic carbocycles. The fourth-order valence-electron chi connectivity index (χ4n) is 4.30. The highest BCUT2D eigenvalue weighted by molar-refractivity contribution is 6.14. The van der Waals surface area contributed by atoms with Gasteiger partial charge in [-0.25, -0.2) is 8.78 Å². The summed E-state index contributed by atoms with van der Waals surface area (Å²) < 4.78 is 27.5. The molecule has 0 spiro atoms. The number of aliphatic hydroxyl groups is 1. The molecular weight excluding hydrogens is 480 g/mol. The summed E-state index contributed by atoms with van der Waals surface area (Å²) in [6, 6.07) is 10.1. The van der Waals surface area contributed by atoms with Crippen LogP contribution in [0.5, 0.6) is 0 Å². The van der Waals surface area contributed by atoms with Crippen LogP contribution in [0.4, 0.5) is 8.78 Å². The van der Waals surface area contributed by atoms with Crippen LogP contribution in [-0.2, 0) is 33.8 Å². The maximum Gasteiger partial charge on any atom is 0.235 e. The number of ketones is 1. The summed E-state index contributed by atoms with van der Waals surface area (Å²) in [5.41, 5.74) is 3.28. The summed E-state index contributed by atoms with van der Waals surface area (Å²) in [5.74, 6) is -4.36. The van der Waals surface area contributed by atoms with Crippen LogP contribution >= 0.6 is 0 Å². The molecule has 0 bridgehead atoms. The van der Waals surface area contributed by atoms with Gasteiger partial charge in [-0.1, -0.05) is 31.2 Å². The van der Waals surface area contributed by atoms with Crippen molar-refractivity contribution < 1.29 is 28.3 Å². The number of carbonyl (C=O) groups excluding carboxylic acids is 3. The van der Waals surface area contributed by atoms with Gasteiger partial charge in [-0.05, 0) is 55.5 Å². The summed E-state index contributed by atoms with van der Waals surface area (Å²) in [7, 11) is 0. The van der Waals surface area contributed by atoms with E-state index in [0.29, 0.717) is 17.8 Å². The zero-order valence-corrected chi connectivity index (χ0v) is 21.2. The lowest BCUT2D eigenvalue weighted by molar-refractivity contribution is -0.137. The van der Waals surface area contributed by atoms with E-state index in [9.17, 15) is 28.3 Å². The van der Waals surface area contributed by atoms with E-state index < -0.39 is 53.7 Å². The number of carbonyl (C=O) groups is 3. The van der Waals surface area contributed by atoms with E-state index >= 15 is 0 Å². The summed E-state index contributed by atoms with van der Waals surface area (Å²) >= 11 is 0. The molecule has 37 heavy (non-hydrogen) atoms. The minimum atomic E-state index is -1.18. The topological polar surface area (TPSA) is 108 Å². The molecule has 0 radical (unpaired) electrons. The molecule has 198 valence electrons. The van der Waals surface area contributed by atoms with Gasteiger partial charge in [-0.2, -0.15) is 0 Å². The number of halogens is 2. The molecule has 0 saturated heterocycles. The van der Waals surface area contributed by atoms with Crippen LogP contribution in [0.25, 0.3) is 0 Å². The van der Waals surface area contributed by atoms with Gasteiger partial charge in [0.2, 0.25) is 11.8 Å². The molecule has 2 aromatic carbocycles. The third kappa shape index (κ3) is 7.77. The minimum absolute atomic E-state index is 0.0581. The molecule has 7 nitrogen and oxygen atoms in total. The van der Waals surface area contributed by atoms with Crippen molar-refractivity contribution in [2.45, 2.75) is 58.7 Å². The van der Waals surface area contributed by atoms with E-state index in [1.807, 2.05) is 18.2 Å². The molecule has 2 amide bonds. The van der Waals surface area contributed by atoms with Crippen molar-refractivity contribution in [3.63, 3.8) is 0 Å². The summed E-state index contributed by atoms with van der Waals surface area (Å²) in [4.78, 5) is 37.7. The average Bonchev–Trinajstić information content (AvgIpc) is 2.84. The number of aliphatic hydroxyl groups excluding tert-OH is 1. The molecule has 0 aromatic heterocycles. The molecule has 3 rings (SSSR count). The van der Waals surface area contributed by atoms with E-state index in [-0.39, 0.29) is 18.5 Å². The predicted octanol–water partition coefficient (Wildman–Crippen LogP) is 2.70. The van der Waals surface area contributed by atoms with Gasteiger partial charge in [0.25, 0.3) is 0 Å². The molecular formula is C28H33F2N3O4. The van der Waals surface area contributed by atoms with E-state index in [1.54, 1.807) is 13.8 Å². The fourth-order valence-corrected chi connectivity index (χ4v) is 4.30. The number of nitrogens with one attached hydrogen (secondary N) is 3. The summed E-state index contributed by atoms with van der Waals surface area (Å²) in [6.45, 7) is 5.80. The highest BCUT2D eigenvalue weighted by atomic mass is 19.1. The van der Waals surface area contributed by atoms with Crippen molar-refractivity contribution in [3.8, 4) is 0 Å². The van der Waals surface area contributed by atoms with Crippen LogP contribution < -0.4 is 16.0 Å². The van der Waals surface area contributed by atoms with Gasteiger partial charge in [-0.15, -0.1) is 0 Å². The van der Waals surface area contributed by atoms with Crippen molar-refractivity contribution in [2.75, 3.05) is 6.54 Å². The Kier molecular flexibility index (Phi) is 9.66. The van der Waals surface area contributed by atoms with Crippen LogP contribution in [-0.4, -0.2) is 41.4 Å². The Bertz CT molecular complexity index is 1180. The van der Waals surface area contributed by atoms with Gasteiger partial charge >= 0.3 is 0 Å². The lowest BCUT2D eigenvalue weighted by Crippen LogP contribution is -2.50. The van der Waals surface area contributed by atoms with E-state index in [1.165, 1.54) is 5.56 Å². The number of rotatable bonds is 11. The van der Waals surface area contributed by atoms with E-state index in [0.717, 1.165) is 30.2 Å². The number of hydrogen-bond donors (Lipinski definition) is 4. The van der Waals surface area contributed by atoms with Crippen molar-refractivity contribution in [1.29, 1.82) is 0 Å². The van der Waals surface area contributed by atoms with Crippen LogP contribution in [0, 0.1) is 17.6 Å². The molecule has 1 aliphatic rings. The lowest BCUT2D eigenvalue weighted by Gasteiger charge is -2.27. The highest BCUT2D eigenvalue weighted by Gasteiger charge is 2.35. The van der Waals surface area contributed by atoms with Crippen LogP contribution in [0.15, 0.2) is 53.7 Å². The number of hydrogen-bond acceptors (Lipinski definition) is 5. The first-order chi connectivity index (χ1) is 17.6. The van der Waals surface area contributed by atoms with E-state index in [2.05, 4.69) is 28.9 Å². The van der Waals surface area contributed by atoms with Gasteiger partial charge in [0.15, 0.2) is 5.78 Å². The number of aryl methyl sites for hydroxylation is 1. The third-order valence-electron chi connectivity index (χ3n) is 6.54.